The van der Waals surface area contributed by atoms with Gasteiger partial charge in [0.25, 0.3) is 0 Å². The van der Waals surface area contributed by atoms with Crippen LogP contribution in [-0.2, 0) is 0 Å². The number of oxazole rings is 1. The third-order valence-electron chi connectivity index (χ3n) is 3.85. The van der Waals surface area contributed by atoms with E-state index in [1.165, 1.54) is 25.3 Å². The normalized spacial score (nSPS) is 10.8. The van der Waals surface area contributed by atoms with Gasteiger partial charge in [-0.2, -0.15) is 4.98 Å². The molecule has 2 heterocycles. The number of aromatic amines is 1. The van der Waals surface area contributed by atoms with Crippen molar-refractivity contribution >= 4 is 34.2 Å². The van der Waals surface area contributed by atoms with Crippen LogP contribution in [0.4, 0.5) is 31.9 Å². The van der Waals surface area contributed by atoms with Gasteiger partial charge in [-0.3, -0.25) is 4.98 Å². The summed E-state index contributed by atoms with van der Waals surface area (Å²) in [5.74, 6) is -1.56. The molecule has 10 heteroatoms. The third-order valence-corrected chi connectivity index (χ3v) is 3.85. The van der Waals surface area contributed by atoms with Crippen molar-refractivity contribution < 1.29 is 17.9 Å². The molecule has 28 heavy (non-hydrogen) atoms. The number of fused-ring (bicyclic) bond motifs is 1. The van der Waals surface area contributed by atoms with Crippen LogP contribution in [0.2, 0.25) is 0 Å². The molecule has 0 aliphatic rings. The van der Waals surface area contributed by atoms with Crippen LogP contribution in [0, 0.1) is 11.6 Å². The second-order valence-corrected chi connectivity index (χ2v) is 5.71. The highest BCUT2D eigenvalue weighted by atomic mass is 19.1. The van der Waals surface area contributed by atoms with Crippen LogP contribution < -0.4 is 21.1 Å². The van der Waals surface area contributed by atoms with Gasteiger partial charge in [0.1, 0.15) is 11.6 Å². The number of aromatic nitrogens is 3. The number of rotatable bonds is 5. The molecule has 4 rings (SSSR count). The molecule has 0 atom stereocenters. The molecule has 3 N–H and O–H groups in total. The van der Waals surface area contributed by atoms with E-state index in [1.54, 1.807) is 18.2 Å². The molecule has 0 fully saturated rings. The van der Waals surface area contributed by atoms with E-state index in [4.69, 9.17) is 9.15 Å². The third kappa shape index (κ3) is 3.47. The first-order valence-electron chi connectivity index (χ1n) is 8.05. The minimum absolute atomic E-state index is 0.0196. The largest absolute Gasteiger partial charge is 0.497 e. The Morgan fingerprint density at radius 3 is 2.79 bits per heavy atom. The smallest absolute Gasteiger partial charge is 0.417 e. The van der Waals surface area contributed by atoms with Gasteiger partial charge >= 0.3 is 5.76 Å². The Labute approximate surface area is 156 Å². The summed E-state index contributed by atoms with van der Waals surface area (Å²) in [5.41, 5.74) is 1.35. The fourth-order valence-electron chi connectivity index (χ4n) is 2.53. The molecule has 8 nitrogen and oxygen atoms in total. The van der Waals surface area contributed by atoms with Crippen molar-refractivity contribution in [1.29, 1.82) is 0 Å². The Bertz CT molecular complexity index is 1220. The molecular weight excluding hydrogens is 372 g/mol. The topological polar surface area (TPSA) is 105 Å². The molecule has 0 aliphatic heterocycles. The number of H-pyrrole nitrogens is 1. The highest BCUT2D eigenvalue weighted by Crippen LogP contribution is 2.25. The zero-order valence-corrected chi connectivity index (χ0v) is 14.4. The van der Waals surface area contributed by atoms with E-state index in [2.05, 4.69) is 25.6 Å². The summed E-state index contributed by atoms with van der Waals surface area (Å²) in [5, 5.41) is 5.48. The van der Waals surface area contributed by atoms with Gasteiger partial charge in [0.05, 0.1) is 24.5 Å². The molecule has 0 spiro atoms. The van der Waals surface area contributed by atoms with Gasteiger partial charge in [-0.25, -0.2) is 18.6 Å². The first-order chi connectivity index (χ1) is 13.5. The van der Waals surface area contributed by atoms with Crippen LogP contribution in [0.15, 0.2) is 51.8 Å². The lowest BCUT2D eigenvalue weighted by Gasteiger charge is -2.11. The van der Waals surface area contributed by atoms with E-state index in [9.17, 15) is 13.6 Å². The van der Waals surface area contributed by atoms with Crippen molar-refractivity contribution in [2.45, 2.75) is 0 Å². The molecular formula is C18H13F2N5O3. The predicted molar refractivity (Wildman–Crippen MR) is 98.3 cm³/mol. The lowest BCUT2D eigenvalue weighted by molar-refractivity contribution is 0.414. The summed E-state index contributed by atoms with van der Waals surface area (Å²) < 4.78 is 38.1. The molecule has 0 radical (unpaired) electrons. The fourth-order valence-corrected chi connectivity index (χ4v) is 2.53. The van der Waals surface area contributed by atoms with E-state index >= 15 is 0 Å². The van der Waals surface area contributed by atoms with Gasteiger partial charge in [0.15, 0.2) is 17.2 Å². The Kier molecular flexibility index (Phi) is 4.36. The minimum atomic E-state index is -0.711. The Hall–Kier alpha value is -3.95. The lowest BCUT2D eigenvalue weighted by Crippen LogP contribution is -2.04. The summed E-state index contributed by atoms with van der Waals surface area (Å²) in [7, 11) is 1.46. The van der Waals surface area contributed by atoms with Crippen LogP contribution in [0.1, 0.15) is 0 Å². The van der Waals surface area contributed by atoms with Gasteiger partial charge in [-0.15, -0.1) is 0 Å². The van der Waals surface area contributed by atoms with Crippen molar-refractivity contribution in [3.05, 3.63) is 64.8 Å². The number of hydrogen-bond donors (Lipinski definition) is 3. The minimum Gasteiger partial charge on any atom is -0.497 e. The summed E-state index contributed by atoms with van der Waals surface area (Å²) in [6.07, 6.45) is 0.952. The summed E-state index contributed by atoms with van der Waals surface area (Å²) >= 11 is 0. The van der Waals surface area contributed by atoms with E-state index < -0.39 is 17.4 Å². The van der Waals surface area contributed by atoms with Gasteiger partial charge in [-0.05, 0) is 30.3 Å². The molecule has 0 aliphatic carbocycles. The van der Waals surface area contributed by atoms with Crippen LogP contribution >= 0.6 is 0 Å². The SMILES string of the molecule is COc1ccc(F)c(Nc2ncc(F)c(Nc3ccc4oc(=O)[nH]c4c3)n2)c1. The Morgan fingerprint density at radius 2 is 1.96 bits per heavy atom. The first-order valence-corrected chi connectivity index (χ1v) is 8.05. The van der Waals surface area contributed by atoms with Crippen LogP contribution in [0.5, 0.6) is 5.75 Å². The van der Waals surface area contributed by atoms with Crippen molar-refractivity contribution in [3.8, 4) is 5.75 Å². The van der Waals surface area contributed by atoms with Crippen LogP contribution in [0.3, 0.4) is 0 Å². The van der Waals surface area contributed by atoms with Crippen LogP contribution in [-0.4, -0.2) is 22.1 Å². The number of halogens is 2. The molecule has 2 aromatic carbocycles. The number of anilines is 4. The average Bonchev–Trinajstić information content (AvgIpc) is 3.05. The van der Waals surface area contributed by atoms with Crippen molar-refractivity contribution in [1.82, 2.24) is 15.0 Å². The molecule has 4 aromatic rings. The highest BCUT2D eigenvalue weighted by molar-refractivity contribution is 5.78. The molecule has 0 saturated heterocycles. The molecule has 142 valence electrons. The van der Waals surface area contributed by atoms with Crippen LogP contribution in [0.25, 0.3) is 11.1 Å². The highest BCUT2D eigenvalue weighted by Gasteiger charge is 2.11. The van der Waals surface area contributed by atoms with Crippen molar-refractivity contribution in [3.63, 3.8) is 0 Å². The standard InChI is InChI=1S/C18H13F2N5O3/c1-27-10-3-4-11(19)13(7-10)23-17-21-8-12(20)16(25-17)22-9-2-5-15-14(6-9)24-18(26)28-15/h2-8H,1H3,(H,24,26)(H2,21,22,23,25). The summed E-state index contributed by atoms with van der Waals surface area (Å²) in [6, 6.07) is 8.84. The van der Waals surface area contributed by atoms with Gasteiger partial charge in [0.2, 0.25) is 5.95 Å². The summed E-state index contributed by atoms with van der Waals surface area (Å²) in [4.78, 5) is 21.6. The molecule has 0 amide bonds. The quantitative estimate of drug-likeness (QED) is 0.481. The van der Waals surface area contributed by atoms with E-state index in [0.717, 1.165) is 6.20 Å². The number of nitrogens with one attached hydrogen (secondary N) is 3. The monoisotopic (exact) mass is 385 g/mol. The van der Waals surface area contributed by atoms with Gasteiger partial charge in [-0.1, -0.05) is 0 Å². The zero-order valence-electron chi connectivity index (χ0n) is 14.4. The first kappa shape index (κ1) is 17.5. The fraction of sp³-hybridized carbons (Fsp3) is 0.0556. The van der Waals surface area contributed by atoms with Crippen molar-refractivity contribution in [2.24, 2.45) is 0 Å². The Morgan fingerprint density at radius 1 is 1.11 bits per heavy atom. The zero-order chi connectivity index (χ0) is 19.7. The summed E-state index contributed by atoms with van der Waals surface area (Å²) in [6.45, 7) is 0. The molecule has 2 aromatic heterocycles. The molecule has 0 bridgehead atoms. The maximum Gasteiger partial charge on any atom is 0.417 e. The average molecular weight is 385 g/mol. The Balaban J connectivity index is 1.62. The number of hydrogen-bond acceptors (Lipinski definition) is 7. The lowest BCUT2D eigenvalue weighted by atomic mass is 10.3. The van der Waals surface area contributed by atoms with Crippen molar-refractivity contribution in [2.75, 3.05) is 17.7 Å². The maximum atomic E-state index is 14.1. The number of nitrogens with zero attached hydrogens (tertiary/aromatic N) is 2. The van der Waals surface area contributed by atoms with E-state index in [-0.39, 0.29) is 17.5 Å². The number of ether oxygens (including phenoxy) is 1. The molecule has 0 saturated carbocycles. The second-order valence-electron chi connectivity index (χ2n) is 5.71. The number of benzene rings is 2. The molecule has 0 unspecified atom stereocenters. The van der Waals surface area contributed by atoms with E-state index in [0.29, 0.717) is 22.5 Å². The second kappa shape index (κ2) is 6.99. The van der Waals surface area contributed by atoms with Gasteiger partial charge in [0, 0.05) is 11.8 Å². The number of methoxy groups -OCH3 is 1. The maximum absolute atomic E-state index is 14.1. The van der Waals surface area contributed by atoms with Gasteiger partial charge < -0.3 is 19.8 Å². The predicted octanol–water partition coefficient (Wildman–Crippen LogP) is 3.69. The van der Waals surface area contributed by atoms with E-state index in [1.807, 2.05) is 0 Å².